The van der Waals surface area contributed by atoms with Crippen molar-refractivity contribution in [1.82, 2.24) is 4.90 Å². The van der Waals surface area contributed by atoms with E-state index in [0.717, 1.165) is 37.3 Å². The lowest BCUT2D eigenvalue weighted by Gasteiger charge is -2.44. The van der Waals surface area contributed by atoms with Crippen molar-refractivity contribution in [3.8, 4) is 0 Å². The molecule has 32 heavy (non-hydrogen) atoms. The van der Waals surface area contributed by atoms with Crippen LogP contribution in [0.5, 0.6) is 0 Å². The molecule has 170 valence electrons. The van der Waals surface area contributed by atoms with Gasteiger partial charge >= 0.3 is 0 Å². The summed E-state index contributed by atoms with van der Waals surface area (Å²) in [7, 11) is -2.98. The molecule has 4 nitrogen and oxygen atoms in total. The average Bonchev–Trinajstić information content (AvgIpc) is 3.14. The fourth-order valence-electron chi connectivity index (χ4n) is 6.30. The molecular weight excluding hydrogens is 442 g/mol. The second-order valence-corrected chi connectivity index (χ2v) is 12.6. The highest BCUT2D eigenvalue weighted by Crippen LogP contribution is 2.49. The summed E-state index contributed by atoms with van der Waals surface area (Å²) in [6.45, 7) is 2.88. The van der Waals surface area contributed by atoms with E-state index in [2.05, 4.69) is 42.2 Å². The number of likely N-dealkylation sites (tertiary alicyclic amines) is 1. The Labute approximate surface area is 195 Å². The van der Waals surface area contributed by atoms with Crippen LogP contribution in [0.4, 0.5) is 0 Å². The number of aryl methyl sites for hydroxylation is 2. The number of amides is 1. The summed E-state index contributed by atoms with van der Waals surface area (Å²) < 4.78 is 23.8. The predicted octanol–water partition coefficient (Wildman–Crippen LogP) is 4.50. The SMILES string of the molecule is Cc1ccc2c(c1)CCC1N(C(=O)C3CCS(=O)(=O)CC3)CCC21Cc1ccc(Cl)cc1. The summed E-state index contributed by atoms with van der Waals surface area (Å²) in [6.07, 6.45) is 4.68. The van der Waals surface area contributed by atoms with Gasteiger partial charge in [0.05, 0.1) is 11.5 Å². The van der Waals surface area contributed by atoms with Crippen molar-refractivity contribution in [2.75, 3.05) is 18.1 Å². The van der Waals surface area contributed by atoms with E-state index < -0.39 is 9.84 Å². The lowest BCUT2D eigenvalue weighted by atomic mass is 9.63. The molecule has 0 spiro atoms. The van der Waals surface area contributed by atoms with E-state index in [1.165, 1.54) is 22.3 Å². The molecule has 2 heterocycles. The molecule has 0 bridgehead atoms. The van der Waals surface area contributed by atoms with E-state index in [9.17, 15) is 13.2 Å². The third kappa shape index (κ3) is 3.88. The minimum Gasteiger partial charge on any atom is -0.339 e. The predicted molar refractivity (Wildman–Crippen MR) is 128 cm³/mol. The molecule has 1 aliphatic carbocycles. The summed E-state index contributed by atoms with van der Waals surface area (Å²) in [5.74, 6) is 0.280. The minimum absolute atomic E-state index is 0.106. The van der Waals surface area contributed by atoms with E-state index in [1.807, 2.05) is 12.1 Å². The number of benzene rings is 2. The summed E-state index contributed by atoms with van der Waals surface area (Å²) in [6, 6.07) is 15.0. The van der Waals surface area contributed by atoms with Gasteiger partial charge in [0.15, 0.2) is 0 Å². The van der Waals surface area contributed by atoms with Crippen LogP contribution in [0.3, 0.4) is 0 Å². The molecule has 2 unspecified atom stereocenters. The molecule has 0 saturated carbocycles. The van der Waals surface area contributed by atoms with Gasteiger partial charge in [0, 0.05) is 28.9 Å². The van der Waals surface area contributed by atoms with Gasteiger partial charge in [-0.05, 0) is 74.3 Å². The molecule has 2 atom stereocenters. The second kappa shape index (κ2) is 8.18. The first-order valence-corrected chi connectivity index (χ1v) is 13.8. The van der Waals surface area contributed by atoms with Crippen LogP contribution in [-0.2, 0) is 32.9 Å². The van der Waals surface area contributed by atoms with Gasteiger partial charge in [-0.1, -0.05) is 47.5 Å². The first-order chi connectivity index (χ1) is 15.3. The highest BCUT2D eigenvalue weighted by Gasteiger charge is 2.53. The molecule has 2 aromatic carbocycles. The molecule has 2 aliphatic heterocycles. The van der Waals surface area contributed by atoms with Gasteiger partial charge in [-0.25, -0.2) is 8.42 Å². The van der Waals surface area contributed by atoms with Gasteiger partial charge in [0.1, 0.15) is 9.84 Å². The second-order valence-electron chi connectivity index (χ2n) is 9.88. The Balaban J connectivity index is 1.49. The summed E-state index contributed by atoms with van der Waals surface area (Å²) >= 11 is 6.14. The topological polar surface area (TPSA) is 54.5 Å². The number of halogens is 1. The van der Waals surface area contributed by atoms with Crippen molar-refractivity contribution >= 4 is 27.3 Å². The molecule has 6 heteroatoms. The summed E-state index contributed by atoms with van der Waals surface area (Å²) in [5, 5.41) is 0.734. The summed E-state index contributed by atoms with van der Waals surface area (Å²) in [4.78, 5) is 15.7. The normalized spacial score (nSPS) is 27.1. The molecular formula is C26H30ClNO3S. The summed E-state index contributed by atoms with van der Waals surface area (Å²) in [5.41, 5.74) is 5.21. The highest BCUT2D eigenvalue weighted by molar-refractivity contribution is 7.91. The Morgan fingerprint density at radius 2 is 1.81 bits per heavy atom. The molecule has 0 radical (unpaired) electrons. The van der Waals surface area contributed by atoms with Crippen molar-refractivity contribution in [2.45, 2.75) is 56.9 Å². The molecule has 0 N–H and O–H groups in total. The number of carbonyl (C=O) groups is 1. The fourth-order valence-corrected chi connectivity index (χ4v) is 7.91. The molecule has 3 aliphatic rings. The number of carbonyl (C=O) groups excluding carboxylic acids is 1. The average molecular weight is 472 g/mol. The zero-order valence-corrected chi connectivity index (χ0v) is 20.1. The number of sulfone groups is 1. The largest absolute Gasteiger partial charge is 0.339 e. The fraction of sp³-hybridized carbons (Fsp3) is 0.500. The van der Waals surface area contributed by atoms with E-state index in [0.29, 0.717) is 12.8 Å². The zero-order valence-electron chi connectivity index (χ0n) is 18.5. The minimum atomic E-state index is -2.98. The molecule has 2 saturated heterocycles. The molecule has 5 rings (SSSR count). The third-order valence-corrected chi connectivity index (χ3v) is 9.88. The number of nitrogens with zero attached hydrogens (tertiary/aromatic N) is 1. The maximum Gasteiger partial charge on any atom is 0.226 e. The van der Waals surface area contributed by atoms with E-state index >= 15 is 0 Å². The highest BCUT2D eigenvalue weighted by atomic mass is 35.5. The van der Waals surface area contributed by atoms with Crippen LogP contribution >= 0.6 is 11.6 Å². The van der Waals surface area contributed by atoms with Crippen LogP contribution in [0, 0.1) is 12.8 Å². The Kier molecular flexibility index (Phi) is 5.61. The van der Waals surface area contributed by atoms with Crippen molar-refractivity contribution in [3.05, 3.63) is 69.7 Å². The first kappa shape index (κ1) is 22.0. The third-order valence-electron chi connectivity index (χ3n) is 7.92. The van der Waals surface area contributed by atoms with Crippen molar-refractivity contribution in [2.24, 2.45) is 5.92 Å². The van der Waals surface area contributed by atoms with Crippen LogP contribution in [0.1, 0.15) is 47.9 Å². The first-order valence-electron chi connectivity index (χ1n) is 11.6. The number of hydrogen-bond donors (Lipinski definition) is 0. The molecule has 2 fully saturated rings. The Bertz CT molecular complexity index is 1130. The van der Waals surface area contributed by atoms with Crippen LogP contribution in [0.15, 0.2) is 42.5 Å². The maximum atomic E-state index is 13.6. The van der Waals surface area contributed by atoms with Gasteiger partial charge in [0.2, 0.25) is 5.91 Å². The smallest absolute Gasteiger partial charge is 0.226 e. The Morgan fingerprint density at radius 3 is 2.53 bits per heavy atom. The standard InChI is InChI=1S/C26H30ClNO3S/c1-18-2-8-23-21(16-18)5-9-24-26(23,17-19-3-6-22(27)7-4-19)12-13-28(24)25(29)20-10-14-32(30,31)15-11-20/h2-4,6-8,16,20,24H,5,9-15,17H2,1H3. The molecule has 2 aromatic rings. The van der Waals surface area contributed by atoms with Gasteiger partial charge in [0.25, 0.3) is 0 Å². The lowest BCUT2D eigenvalue weighted by molar-refractivity contribution is -0.137. The quantitative estimate of drug-likeness (QED) is 0.662. The van der Waals surface area contributed by atoms with E-state index in [1.54, 1.807) is 0 Å². The Morgan fingerprint density at radius 1 is 1.09 bits per heavy atom. The molecule has 0 aromatic heterocycles. The van der Waals surface area contributed by atoms with Gasteiger partial charge in [-0.3, -0.25) is 4.79 Å². The molecule has 1 amide bonds. The van der Waals surface area contributed by atoms with Crippen LogP contribution in [0.25, 0.3) is 0 Å². The van der Waals surface area contributed by atoms with Gasteiger partial charge < -0.3 is 4.90 Å². The number of fused-ring (bicyclic) bond motifs is 3. The van der Waals surface area contributed by atoms with Crippen LogP contribution in [-0.4, -0.2) is 43.3 Å². The lowest BCUT2D eigenvalue weighted by Crippen LogP contribution is -2.51. The van der Waals surface area contributed by atoms with Crippen LogP contribution < -0.4 is 0 Å². The van der Waals surface area contributed by atoms with Crippen molar-refractivity contribution in [3.63, 3.8) is 0 Å². The maximum absolute atomic E-state index is 13.6. The van der Waals surface area contributed by atoms with Crippen molar-refractivity contribution in [1.29, 1.82) is 0 Å². The number of hydrogen-bond acceptors (Lipinski definition) is 3. The van der Waals surface area contributed by atoms with E-state index in [4.69, 9.17) is 11.6 Å². The van der Waals surface area contributed by atoms with Crippen LogP contribution in [0.2, 0.25) is 5.02 Å². The zero-order chi connectivity index (χ0) is 22.5. The number of rotatable bonds is 3. The van der Waals surface area contributed by atoms with E-state index in [-0.39, 0.29) is 34.8 Å². The van der Waals surface area contributed by atoms with Gasteiger partial charge in [-0.2, -0.15) is 0 Å². The Hall–Kier alpha value is -1.85. The van der Waals surface area contributed by atoms with Crippen molar-refractivity contribution < 1.29 is 13.2 Å². The van der Waals surface area contributed by atoms with Gasteiger partial charge in [-0.15, -0.1) is 0 Å². The monoisotopic (exact) mass is 471 g/mol.